The zero-order valence-corrected chi connectivity index (χ0v) is 12.1. The van der Waals surface area contributed by atoms with E-state index in [1.165, 1.54) is 0 Å². The SMILES string of the molecule is CC(C)Oc1ccc(C(=O)N[C@@H]2CC(=O)N(C)C2)cc1. The van der Waals surface area contributed by atoms with E-state index in [1.54, 1.807) is 36.2 Å². The lowest BCUT2D eigenvalue weighted by Crippen LogP contribution is -2.36. The van der Waals surface area contributed by atoms with Crippen molar-refractivity contribution in [2.75, 3.05) is 13.6 Å². The van der Waals surface area contributed by atoms with Gasteiger partial charge in [0.2, 0.25) is 5.91 Å². The summed E-state index contributed by atoms with van der Waals surface area (Å²) in [5.74, 6) is 0.650. The number of hydrogen-bond acceptors (Lipinski definition) is 3. The van der Waals surface area contributed by atoms with E-state index in [-0.39, 0.29) is 24.0 Å². The Morgan fingerprint density at radius 3 is 2.50 bits per heavy atom. The van der Waals surface area contributed by atoms with Crippen LogP contribution in [0.5, 0.6) is 5.75 Å². The molecule has 1 aliphatic rings. The number of benzene rings is 1. The second-order valence-electron chi connectivity index (χ2n) is 5.34. The maximum atomic E-state index is 12.1. The average Bonchev–Trinajstić information content (AvgIpc) is 2.68. The van der Waals surface area contributed by atoms with E-state index in [1.807, 2.05) is 13.8 Å². The Morgan fingerprint density at radius 1 is 1.35 bits per heavy atom. The first-order valence-electron chi connectivity index (χ1n) is 6.77. The van der Waals surface area contributed by atoms with Crippen LogP contribution >= 0.6 is 0 Å². The number of ether oxygens (including phenoxy) is 1. The summed E-state index contributed by atoms with van der Waals surface area (Å²) < 4.78 is 5.53. The number of amides is 2. The van der Waals surface area contributed by atoms with Gasteiger partial charge in [0.15, 0.2) is 0 Å². The molecule has 2 rings (SSSR count). The molecule has 0 saturated carbocycles. The van der Waals surface area contributed by atoms with Crippen LogP contribution < -0.4 is 10.1 Å². The smallest absolute Gasteiger partial charge is 0.251 e. The molecular formula is C15H20N2O3. The third kappa shape index (κ3) is 3.50. The van der Waals surface area contributed by atoms with Gasteiger partial charge in [-0.05, 0) is 38.1 Å². The lowest BCUT2D eigenvalue weighted by Gasteiger charge is -2.13. The molecule has 5 heteroatoms. The molecule has 1 saturated heterocycles. The van der Waals surface area contributed by atoms with Gasteiger partial charge in [-0.25, -0.2) is 0 Å². The van der Waals surface area contributed by atoms with Gasteiger partial charge in [-0.2, -0.15) is 0 Å². The molecule has 20 heavy (non-hydrogen) atoms. The molecule has 1 aliphatic heterocycles. The second-order valence-corrected chi connectivity index (χ2v) is 5.34. The van der Waals surface area contributed by atoms with Crippen molar-refractivity contribution in [2.24, 2.45) is 0 Å². The molecule has 1 aromatic carbocycles. The van der Waals surface area contributed by atoms with Crippen molar-refractivity contribution in [1.29, 1.82) is 0 Å². The highest BCUT2D eigenvalue weighted by Gasteiger charge is 2.27. The normalized spacial score (nSPS) is 18.5. The Hall–Kier alpha value is -2.04. The summed E-state index contributed by atoms with van der Waals surface area (Å²) in [5, 5.41) is 2.87. The van der Waals surface area contributed by atoms with Crippen LogP contribution in [0.15, 0.2) is 24.3 Å². The van der Waals surface area contributed by atoms with Crippen molar-refractivity contribution < 1.29 is 14.3 Å². The van der Waals surface area contributed by atoms with Crippen molar-refractivity contribution in [3.63, 3.8) is 0 Å². The summed E-state index contributed by atoms with van der Waals surface area (Å²) in [5.41, 5.74) is 0.572. The molecule has 1 fully saturated rings. The third-order valence-electron chi connectivity index (χ3n) is 3.16. The van der Waals surface area contributed by atoms with Gasteiger partial charge in [-0.1, -0.05) is 0 Å². The van der Waals surface area contributed by atoms with Gasteiger partial charge < -0.3 is 15.0 Å². The van der Waals surface area contributed by atoms with Gasteiger partial charge in [0.05, 0.1) is 12.1 Å². The number of likely N-dealkylation sites (tertiary alicyclic amines) is 1. The van der Waals surface area contributed by atoms with Gasteiger partial charge in [0, 0.05) is 25.6 Å². The highest BCUT2D eigenvalue weighted by Crippen LogP contribution is 2.15. The van der Waals surface area contributed by atoms with Crippen LogP contribution in [0, 0.1) is 0 Å². The molecule has 0 aliphatic carbocycles. The lowest BCUT2D eigenvalue weighted by atomic mass is 10.1. The van der Waals surface area contributed by atoms with Crippen LogP contribution in [0.25, 0.3) is 0 Å². The maximum absolute atomic E-state index is 12.1. The van der Waals surface area contributed by atoms with E-state index in [0.29, 0.717) is 18.5 Å². The van der Waals surface area contributed by atoms with Crippen LogP contribution in [-0.4, -0.2) is 42.5 Å². The molecule has 0 aromatic heterocycles. The molecule has 108 valence electrons. The summed E-state index contributed by atoms with van der Waals surface area (Å²) in [6.07, 6.45) is 0.478. The number of nitrogens with zero attached hydrogens (tertiary/aromatic N) is 1. The fourth-order valence-corrected chi connectivity index (χ4v) is 2.19. The quantitative estimate of drug-likeness (QED) is 0.905. The number of carbonyl (C=O) groups excluding carboxylic acids is 2. The Kier molecular flexibility index (Phi) is 4.27. The van der Waals surface area contributed by atoms with Gasteiger partial charge in [-0.15, -0.1) is 0 Å². The largest absolute Gasteiger partial charge is 0.491 e. The summed E-state index contributed by atoms with van der Waals surface area (Å²) >= 11 is 0. The van der Waals surface area contributed by atoms with Crippen molar-refractivity contribution in [3.8, 4) is 5.75 Å². The first kappa shape index (κ1) is 14.4. The molecule has 1 atom stereocenters. The second kappa shape index (κ2) is 5.94. The maximum Gasteiger partial charge on any atom is 0.251 e. The first-order valence-corrected chi connectivity index (χ1v) is 6.77. The number of hydrogen-bond donors (Lipinski definition) is 1. The van der Waals surface area contributed by atoms with Crippen LogP contribution in [0.2, 0.25) is 0 Å². The Morgan fingerprint density at radius 2 is 2.00 bits per heavy atom. The number of nitrogens with one attached hydrogen (secondary N) is 1. The topological polar surface area (TPSA) is 58.6 Å². The average molecular weight is 276 g/mol. The summed E-state index contributed by atoms with van der Waals surface area (Å²) in [6, 6.07) is 6.91. The summed E-state index contributed by atoms with van der Waals surface area (Å²) in [4.78, 5) is 25.1. The fraction of sp³-hybridized carbons (Fsp3) is 0.467. The molecule has 2 amide bonds. The zero-order valence-electron chi connectivity index (χ0n) is 12.1. The van der Waals surface area contributed by atoms with E-state index in [0.717, 1.165) is 5.75 Å². The minimum atomic E-state index is -0.158. The van der Waals surface area contributed by atoms with E-state index in [9.17, 15) is 9.59 Å². The molecule has 1 aromatic rings. The highest BCUT2D eigenvalue weighted by molar-refractivity contribution is 5.95. The van der Waals surface area contributed by atoms with Gasteiger partial charge in [0.1, 0.15) is 5.75 Å². The van der Waals surface area contributed by atoms with Crippen molar-refractivity contribution in [2.45, 2.75) is 32.4 Å². The number of rotatable bonds is 4. The van der Waals surface area contributed by atoms with Crippen LogP contribution in [-0.2, 0) is 4.79 Å². The molecule has 0 unspecified atom stereocenters. The lowest BCUT2D eigenvalue weighted by molar-refractivity contribution is -0.126. The Bertz CT molecular complexity index is 496. The zero-order chi connectivity index (χ0) is 14.7. The minimum absolute atomic E-state index is 0.0657. The third-order valence-corrected chi connectivity index (χ3v) is 3.16. The molecule has 1 N–H and O–H groups in total. The Labute approximate surface area is 118 Å². The predicted molar refractivity (Wildman–Crippen MR) is 75.7 cm³/mol. The van der Waals surface area contributed by atoms with Gasteiger partial charge in [0.25, 0.3) is 5.91 Å². The minimum Gasteiger partial charge on any atom is -0.491 e. The molecule has 0 radical (unpaired) electrons. The van der Waals surface area contributed by atoms with Crippen LogP contribution in [0.4, 0.5) is 0 Å². The number of likely N-dealkylation sites (N-methyl/N-ethyl adjacent to an activating group) is 1. The van der Waals surface area contributed by atoms with Crippen LogP contribution in [0.3, 0.4) is 0 Å². The van der Waals surface area contributed by atoms with E-state index >= 15 is 0 Å². The molecular weight excluding hydrogens is 256 g/mol. The summed E-state index contributed by atoms with van der Waals surface area (Å²) in [6.45, 7) is 4.47. The fourth-order valence-electron chi connectivity index (χ4n) is 2.19. The highest BCUT2D eigenvalue weighted by atomic mass is 16.5. The van der Waals surface area contributed by atoms with E-state index in [2.05, 4.69) is 5.32 Å². The molecule has 5 nitrogen and oxygen atoms in total. The van der Waals surface area contributed by atoms with Gasteiger partial charge in [-0.3, -0.25) is 9.59 Å². The molecule has 0 spiro atoms. The van der Waals surface area contributed by atoms with Crippen LogP contribution in [0.1, 0.15) is 30.6 Å². The monoisotopic (exact) mass is 276 g/mol. The van der Waals surface area contributed by atoms with Crippen molar-refractivity contribution in [1.82, 2.24) is 10.2 Å². The van der Waals surface area contributed by atoms with Crippen molar-refractivity contribution >= 4 is 11.8 Å². The molecule has 0 bridgehead atoms. The number of carbonyl (C=O) groups is 2. The standard InChI is InChI=1S/C15H20N2O3/c1-10(2)20-13-6-4-11(5-7-13)15(19)16-12-8-14(18)17(3)9-12/h4-7,10,12H,8-9H2,1-3H3,(H,16,19)/t12-/m1/s1. The van der Waals surface area contributed by atoms with E-state index in [4.69, 9.17) is 4.74 Å². The Balaban J connectivity index is 1.94. The van der Waals surface area contributed by atoms with Gasteiger partial charge >= 0.3 is 0 Å². The van der Waals surface area contributed by atoms with Crippen molar-refractivity contribution in [3.05, 3.63) is 29.8 Å². The van der Waals surface area contributed by atoms with E-state index < -0.39 is 0 Å². The molecule has 1 heterocycles. The summed E-state index contributed by atoms with van der Waals surface area (Å²) in [7, 11) is 1.74. The predicted octanol–water partition coefficient (Wildman–Crippen LogP) is 1.43. The first-order chi connectivity index (χ1) is 9.45.